The van der Waals surface area contributed by atoms with E-state index in [0.29, 0.717) is 5.92 Å². The molecule has 0 aromatic carbocycles. The van der Waals surface area contributed by atoms with Crippen molar-refractivity contribution in [2.75, 3.05) is 6.54 Å². The molecular weight excluding hydrogens is 220 g/mol. The summed E-state index contributed by atoms with van der Waals surface area (Å²) >= 11 is 0. The molecule has 2 amide bonds. The normalized spacial score (nSPS) is 27.8. The number of amides is 2. The maximum absolute atomic E-state index is 12.0. The molecule has 0 saturated heterocycles. The monoisotopic (exact) mass is 240 g/mol. The maximum Gasteiger partial charge on any atom is 0.323 e. The second-order valence-corrected chi connectivity index (χ2v) is 5.22. The van der Waals surface area contributed by atoms with Crippen LogP contribution in [0.3, 0.4) is 0 Å². The van der Waals surface area contributed by atoms with E-state index in [4.69, 9.17) is 5.11 Å². The first-order valence-corrected chi connectivity index (χ1v) is 6.37. The SMILES string of the molecule is CC1CCCC1NC(=O)N(CC(=O)O)C1CC1. The first-order chi connectivity index (χ1) is 8.08. The summed E-state index contributed by atoms with van der Waals surface area (Å²) < 4.78 is 0. The van der Waals surface area contributed by atoms with Gasteiger partial charge in [0.25, 0.3) is 0 Å². The highest BCUT2D eigenvalue weighted by Crippen LogP contribution is 2.28. The Bertz CT molecular complexity index is 315. The summed E-state index contributed by atoms with van der Waals surface area (Å²) in [6.45, 7) is 1.95. The number of urea groups is 1. The molecule has 2 saturated carbocycles. The van der Waals surface area contributed by atoms with Gasteiger partial charge in [-0.15, -0.1) is 0 Å². The Kier molecular flexibility index (Phi) is 3.54. The predicted molar refractivity (Wildman–Crippen MR) is 62.7 cm³/mol. The number of hydrogen-bond acceptors (Lipinski definition) is 2. The van der Waals surface area contributed by atoms with Gasteiger partial charge in [-0.05, 0) is 31.6 Å². The number of aliphatic carboxylic acids is 1. The third-order valence-electron chi connectivity index (χ3n) is 3.72. The van der Waals surface area contributed by atoms with Gasteiger partial charge in [0, 0.05) is 12.1 Å². The minimum Gasteiger partial charge on any atom is -0.480 e. The van der Waals surface area contributed by atoms with Gasteiger partial charge < -0.3 is 15.3 Å². The standard InChI is InChI=1S/C12H20N2O3/c1-8-3-2-4-10(8)13-12(17)14(7-11(15)16)9-5-6-9/h8-10H,2-7H2,1H3,(H,13,17)(H,15,16). The molecular formula is C12H20N2O3. The number of nitrogens with one attached hydrogen (secondary N) is 1. The second kappa shape index (κ2) is 4.94. The van der Waals surface area contributed by atoms with Crippen LogP contribution in [0.1, 0.15) is 39.0 Å². The molecule has 2 fully saturated rings. The molecule has 0 aromatic heterocycles. The van der Waals surface area contributed by atoms with Gasteiger partial charge in [0.15, 0.2) is 0 Å². The lowest BCUT2D eigenvalue weighted by atomic mass is 10.1. The van der Waals surface area contributed by atoms with Gasteiger partial charge >= 0.3 is 12.0 Å². The lowest BCUT2D eigenvalue weighted by molar-refractivity contribution is -0.137. The number of carboxylic acids is 1. The van der Waals surface area contributed by atoms with Crippen LogP contribution in [0.5, 0.6) is 0 Å². The van der Waals surface area contributed by atoms with E-state index in [-0.39, 0.29) is 24.7 Å². The third-order valence-corrected chi connectivity index (χ3v) is 3.72. The molecule has 5 nitrogen and oxygen atoms in total. The molecule has 0 aromatic rings. The van der Waals surface area contributed by atoms with Crippen molar-refractivity contribution in [3.05, 3.63) is 0 Å². The van der Waals surface area contributed by atoms with Gasteiger partial charge in [-0.2, -0.15) is 0 Å². The summed E-state index contributed by atoms with van der Waals surface area (Å²) in [6, 6.07) is 0.161. The lowest BCUT2D eigenvalue weighted by Crippen LogP contribution is -2.48. The number of hydrogen-bond donors (Lipinski definition) is 2. The van der Waals surface area contributed by atoms with Crippen LogP contribution in [-0.4, -0.2) is 40.6 Å². The highest BCUT2D eigenvalue weighted by Gasteiger charge is 2.35. The van der Waals surface area contributed by atoms with Crippen molar-refractivity contribution in [1.82, 2.24) is 10.2 Å². The van der Waals surface area contributed by atoms with Crippen molar-refractivity contribution in [3.8, 4) is 0 Å². The van der Waals surface area contributed by atoms with Crippen LogP contribution in [0.2, 0.25) is 0 Å². The predicted octanol–water partition coefficient (Wildman–Crippen LogP) is 1.43. The first kappa shape index (κ1) is 12.2. The fourth-order valence-electron chi connectivity index (χ4n) is 2.50. The quantitative estimate of drug-likeness (QED) is 0.781. The van der Waals surface area contributed by atoms with Gasteiger partial charge in [-0.1, -0.05) is 13.3 Å². The zero-order valence-electron chi connectivity index (χ0n) is 10.2. The van der Waals surface area contributed by atoms with Crippen molar-refractivity contribution in [1.29, 1.82) is 0 Å². The Labute approximate surface area is 101 Å². The molecule has 2 atom stereocenters. The topological polar surface area (TPSA) is 69.6 Å². The summed E-state index contributed by atoms with van der Waals surface area (Å²) in [5.74, 6) is -0.434. The van der Waals surface area contributed by atoms with Crippen LogP contribution in [0, 0.1) is 5.92 Å². The Morgan fingerprint density at radius 1 is 1.29 bits per heavy atom. The Morgan fingerprint density at radius 2 is 2.00 bits per heavy atom. The fraction of sp³-hybridized carbons (Fsp3) is 0.833. The maximum atomic E-state index is 12.0. The smallest absolute Gasteiger partial charge is 0.323 e. The molecule has 0 bridgehead atoms. The molecule has 2 N–H and O–H groups in total. The van der Waals surface area contributed by atoms with E-state index in [2.05, 4.69) is 12.2 Å². The van der Waals surface area contributed by atoms with E-state index in [1.54, 1.807) is 0 Å². The summed E-state index contributed by atoms with van der Waals surface area (Å²) in [7, 11) is 0. The van der Waals surface area contributed by atoms with Crippen molar-refractivity contribution < 1.29 is 14.7 Å². The number of nitrogens with zero attached hydrogens (tertiary/aromatic N) is 1. The van der Waals surface area contributed by atoms with Crippen LogP contribution < -0.4 is 5.32 Å². The number of rotatable bonds is 4. The molecule has 0 aliphatic heterocycles. The second-order valence-electron chi connectivity index (χ2n) is 5.22. The molecule has 17 heavy (non-hydrogen) atoms. The van der Waals surface area contributed by atoms with Gasteiger partial charge in [0.1, 0.15) is 6.54 Å². The zero-order chi connectivity index (χ0) is 12.4. The zero-order valence-corrected chi connectivity index (χ0v) is 10.2. The average Bonchev–Trinajstić information content (AvgIpc) is 3.01. The Balaban J connectivity index is 1.89. The van der Waals surface area contributed by atoms with Crippen LogP contribution in [0.15, 0.2) is 0 Å². The highest BCUT2D eigenvalue weighted by molar-refractivity contribution is 5.80. The molecule has 5 heteroatoms. The first-order valence-electron chi connectivity index (χ1n) is 6.37. The van der Waals surface area contributed by atoms with E-state index in [9.17, 15) is 9.59 Å². The van der Waals surface area contributed by atoms with Gasteiger partial charge in [0.2, 0.25) is 0 Å². The van der Waals surface area contributed by atoms with Crippen molar-refractivity contribution in [3.63, 3.8) is 0 Å². The average molecular weight is 240 g/mol. The summed E-state index contributed by atoms with van der Waals surface area (Å²) in [6.07, 6.45) is 5.17. The molecule has 2 aliphatic rings. The van der Waals surface area contributed by atoms with E-state index in [1.165, 1.54) is 4.90 Å². The third kappa shape index (κ3) is 3.11. The largest absolute Gasteiger partial charge is 0.480 e. The molecule has 2 rings (SSSR count). The Hall–Kier alpha value is -1.26. The Morgan fingerprint density at radius 3 is 2.47 bits per heavy atom. The van der Waals surface area contributed by atoms with Gasteiger partial charge in [-0.3, -0.25) is 4.79 Å². The van der Waals surface area contributed by atoms with E-state index in [0.717, 1.165) is 32.1 Å². The molecule has 2 aliphatic carbocycles. The van der Waals surface area contributed by atoms with E-state index >= 15 is 0 Å². The lowest BCUT2D eigenvalue weighted by Gasteiger charge is -2.25. The van der Waals surface area contributed by atoms with Crippen molar-refractivity contribution in [2.24, 2.45) is 5.92 Å². The highest BCUT2D eigenvalue weighted by atomic mass is 16.4. The molecule has 2 unspecified atom stereocenters. The van der Waals surface area contributed by atoms with Crippen LogP contribution in [-0.2, 0) is 4.79 Å². The van der Waals surface area contributed by atoms with E-state index in [1.807, 2.05) is 0 Å². The summed E-state index contributed by atoms with van der Waals surface area (Å²) in [5, 5.41) is 11.8. The van der Waals surface area contributed by atoms with Gasteiger partial charge in [0.05, 0.1) is 0 Å². The van der Waals surface area contributed by atoms with Crippen LogP contribution in [0.4, 0.5) is 4.79 Å². The van der Waals surface area contributed by atoms with E-state index < -0.39 is 5.97 Å². The van der Waals surface area contributed by atoms with Crippen LogP contribution in [0.25, 0.3) is 0 Å². The van der Waals surface area contributed by atoms with Crippen molar-refractivity contribution >= 4 is 12.0 Å². The minimum atomic E-state index is -0.938. The summed E-state index contributed by atoms with van der Waals surface area (Å²) in [4.78, 5) is 24.2. The number of carbonyl (C=O) groups excluding carboxylic acids is 1. The molecule has 0 radical (unpaired) electrons. The van der Waals surface area contributed by atoms with Crippen LogP contribution >= 0.6 is 0 Å². The fourth-order valence-corrected chi connectivity index (χ4v) is 2.50. The number of carboxylic acid groups (broad SMARTS) is 1. The van der Waals surface area contributed by atoms with Crippen molar-refractivity contribution in [2.45, 2.75) is 51.1 Å². The minimum absolute atomic E-state index is 0.141. The number of carbonyl (C=O) groups is 2. The molecule has 0 heterocycles. The molecule has 0 spiro atoms. The summed E-state index contributed by atoms with van der Waals surface area (Å²) in [5.41, 5.74) is 0. The van der Waals surface area contributed by atoms with Gasteiger partial charge in [-0.25, -0.2) is 4.79 Å². The molecule has 96 valence electrons.